The SMILES string of the molecule is CN1C(C)(C)CC(CC(=O)c2ccc(N3N=C(c4ccco4)C(C)(C)C3=O)cc2)CC1(C)C. The van der Waals surface area contributed by atoms with Gasteiger partial charge in [-0.15, -0.1) is 0 Å². The maximum atomic E-state index is 13.1. The summed E-state index contributed by atoms with van der Waals surface area (Å²) in [4.78, 5) is 28.6. The minimum atomic E-state index is -0.792. The molecule has 0 radical (unpaired) electrons. The van der Waals surface area contributed by atoms with Crippen LogP contribution >= 0.6 is 0 Å². The molecule has 0 bridgehead atoms. The molecule has 2 aliphatic rings. The molecule has 4 rings (SSSR count). The van der Waals surface area contributed by atoms with Crippen LogP contribution < -0.4 is 5.01 Å². The number of rotatable bonds is 5. The number of likely N-dealkylation sites (tertiary alicyclic amines) is 1. The molecule has 3 heterocycles. The summed E-state index contributed by atoms with van der Waals surface area (Å²) < 4.78 is 5.49. The van der Waals surface area contributed by atoms with Gasteiger partial charge in [0.05, 0.1) is 17.4 Å². The standard InChI is InChI=1S/C27H35N3O3/c1-25(2)16-18(17-26(3,4)29(25)7)15-21(31)19-10-12-20(13-11-19)30-24(32)27(5,6)23(28-30)22-9-8-14-33-22/h8-14,18H,15-17H2,1-7H3. The number of piperidine rings is 1. The highest BCUT2D eigenvalue weighted by atomic mass is 16.3. The van der Waals surface area contributed by atoms with Crippen LogP contribution in [0.4, 0.5) is 5.69 Å². The molecular weight excluding hydrogens is 414 g/mol. The molecule has 1 fully saturated rings. The first-order valence-electron chi connectivity index (χ1n) is 11.7. The Balaban J connectivity index is 1.50. The Bertz CT molecular complexity index is 1060. The second-order valence-corrected chi connectivity index (χ2v) is 11.3. The lowest BCUT2D eigenvalue weighted by atomic mass is 9.72. The van der Waals surface area contributed by atoms with Gasteiger partial charge in [-0.2, -0.15) is 10.1 Å². The summed E-state index contributed by atoms with van der Waals surface area (Å²) in [7, 11) is 2.18. The number of hydrogen-bond donors (Lipinski definition) is 0. The van der Waals surface area contributed by atoms with E-state index >= 15 is 0 Å². The van der Waals surface area contributed by atoms with Crippen LogP contribution in [0.1, 0.15) is 76.9 Å². The average Bonchev–Trinajstić information content (AvgIpc) is 3.33. The highest BCUT2D eigenvalue weighted by Crippen LogP contribution is 2.42. The first-order valence-corrected chi connectivity index (χ1v) is 11.7. The van der Waals surface area contributed by atoms with Gasteiger partial charge in [0.15, 0.2) is 11.5 Å². The normalized spacial score (nSPS) is 22.5. The number of Topliss-reactive ketones (excluding diaryl/α,β-unsaturated/α-hetero) is 1. The lowest BCUT2D eigenvalue weighted by Gasteiger charge is -2.53. The summed E-state index contributed by atoms with van der Waals surface area (Å²) >= 11 is 0. The van der Waals surface area contributed by atoms with Gasteiger partial charge >= 0.3 is 0 Å². The van der Waals surface area contributed by atoms with Gasteiger partial charge in [0, 0.05) is 23.1 Å². The molecular formula is C27H35N3O3. The molecule has 176 valence electrons. The Hall–Kier alpha value is -2.73. The summed E-state index contributed by atoms with van der Waals surface area (Å²) in [6.07, 6.45) is 4.11. The number of hydrogen-bond acceptors (Lipinski definition) is 5. The van der Waals surface area contributed by atoms with E-state index in [-0.39, 0.29) is 22.8 Å². The van der Waals surface area contributed by atoms with E-state index < -0.39 is 5.41 Å². The fourth-order valence-electron chi connectivity index (χ4n) is 5.47. The lowest BCUT2D eigenvalue weighted by molar-refractivity contribution is -0.122. The predicted octanol–water partition coefficient (Wildman–Crippen LogP) is 5.53. The van der Waals surface area contributed by atoms with Gasteiger partial charge in [0.1, 0.15) is 5.71 Å². The summed E-state index contributed by atoms with van der Waals surface area (Å²) in [6.45, 7) is 12.7. The number of nitrogens with zero attached hydrogens (tertiary/aromatic N) is 3. The van der Waals surface area contributed by atoms with E-state index in [4.69, 9.17) is 4.42 Å². The van der Waals surface area contributed by atoms with Gasteiger partial charge in [-0.1, -0.05) is 0 Å². The van der Waals surface area contributed by atoms with E-state index in [0.717, 1.165) is 12.8 Å². The molecule has 6 heteroatoms. The van der Waals surface area contributed by atoms with Crippen LogP contribution in [-0.4, -0.2) is 40.4 Å². The van der Waals surface area contributed by atoms with Crippen LogP contribution in [0.3, 0.4) is 0 Å². The maximum Gasteiger partial charge on any atom is 0.259 e. The highest BCUT2D eigenvalue weighted by Gasteiger charge is 2.46. The van der Waals surface area contributed by atoms with Crippen molar-refractivity contribution in [3.63, 3.8) is 0 Å². The highest BCUT2D eigenvalue weighted by molar-refractivity contribution is 6.23. The quantitative estimate of drug-likeness (QED) is 0.563. The monoisotopic (exact) mass is 449 g/mol. The molecule has 0 spiro atoms. The van der Waals surface area contributed by atoms with E-state index in [1.807, 2.05) is 32.0 Å². The molecule has 0 unspecified atom stereocenters. The van der Waals surface area contributed by atoms with Gasteiger partial charge in [-0.25, -0.2) is 0 Å². The Morgan fingerprint density at radius 2 is 1.64 bits per heavy atom. The number of amides is 1. The Labute approximate surface area is 196 Å². The number of anilines is 1. The largest absolute Gasteiger partial charge is 0.463 e. The predicted molar refractivity (Wildman–Crippen MR) is 131 cm³/mol. The van der Waals surface area contributed by atoms with Crippen molar-refractivity contribution in [1.29, 1.82) is 0 Å². The van der Waals surface area contributed by atoms with Crippen LogP contribution in [0.15, 0.2) is 52.2 Å². The average molecular weight is 450 g/mol. The summed E-state index contributed by atoms with van der Waals surface area (Å²) in [6, 6.07) is 10.8. The Kier molecular flexibility index (Phi) is 5.64. The summed E-state index contributed by atoms with van der Waals surface area (Å²) in [5.41, 5.74) is 1.25. The molecule has 0 atom stereocenters. The number of ketones is 1. The van der Waals surface area contributed by atoms with Gasteiger partial charge in [-0.05, 0) is 104 Å². The topological polar surface area (TPSA) is 66.1 Å². The summed E-state index contributed by atoms with van der Waals surface area (Å²) in [5.74, 6) is 0.964. The number of hydrazone groups is 1. The van der Waals surface area contributed by atoms with Crippen molar-refractivity contribution >= 4 is 23.1 Å². The minimum absolute atomic E-state index is 0.0587. The number of furan rings is 1. The van der Waals surface area contributed by atoms with Crippen LogP contribution in [0, 0.1) is 11.3 Å². The van der Waals surface area contributed by atoms with Gasteiger partial charge in [-0.3, -0.25) is 14.5 Å². The van der Waals surface area contributed by atoms with Crippen LogP contribution in [-0.2, 0) is 4.79 Å². The van der Waals surface area contributed by atoms with E-state index in [2.05, 4.69) is 44.7 Å². The second-order valence-electron chi connectivity index (χ2n) is 11.3. The van der Waals surface area contributed by atoms with Crippen molar-refractivity contribution in [1.82, 2.24) is 4.90 Å². The molecule has 1 saturated heterocycles. The molecule has 0 aliphatic carbocycles. The fraction of sp³-hybridized carbons (Fsp3) is 0.519. The second kappa shape index (κ2) is 7.94. The molecule has 0 saturated carbocycles. The zero-order valence-corrected chi connectivity index (χ0v) is 20.8. The molecule has 6 nitrogen and oxygen atoms in total. The summed E-state index contributed by atoms with van der Waals surface area (Å²) in [5, 5.41) is 5.97. The number of carbonyl (C=O) groups is 2. The van der Waals surface area contributed by atoms with E-state index in [1.54, 1.807) is 24.5 Å². The third-order valence-corrected chi connectivity index (χ3v) is 7.57. The van der Waals surface area contributed by atoms with Crippen molar-refractivity contribution in [2.24, 2.45) is 16.4 Å². The molecule has 2 aliphatic heterocycles. The zero-order valence-electron chi connectivity index (χ0n) is 20.8. The van der Waals surface area contributed by atoms with E-state index in [9.17, 15) is 9.59 Å². The molecule has 1 aromatic carbocycles. The van der Waals surface area contributed by atoms with Gasteiger partial charge < -0.3 is 4.42 Å². The Morgan fingerprint density at radius 1 is 1.03 bits per heavy atom. The van der Waals surface area contributed by atoms with Crippen molar-refractivity contribution in [3.05, 3.63) is 54.0 Å². The van der Waals surface area contributed by atoms with Crippen LogP contribution in [0.5, 0.6) is 0 Å². The zero-order chi connectivity index (χ0) is 24.2. The third-order valence-electron chi connectivity index (χ3n) is 7.57. The van der Waals surface area contributed by atoms with Gasteiger partial charge in [0.25, 0.3) is 5.91 Å². The number of carbonyl (C=O) groups excluding carboxylic acids is 2. The van der Waals surface area contributed by atoms with Crippen molar-refractivity contribution in [2.45, 2.75) is 71.9 Å². The smallest absolute Gasteiger partial charge is 0.259 e. The van der Waals surface area contributed by atoms with Gasteiger partial charge in [0.2, 0.25) is 0 Å². The molecule has 33 heavy (non-hydrogen) atoms. The lowest BCUT2D eigenvalue weighted by Crippen LogP contribution is -2.58. The number of benzene rings is 1. The molecule has 0 N–H and O–H groups in total. The van der Waals surface area contributed by atoms with Crippen molar-refractivity contribution in [2.75, 3.05) is 12.1 Å². The molecule has 2 aromatic rings. The van der Waals surface area contributed by atoms with Crippen LogP contribution in [0.2, 0.25) is 0 Å². The maximum absolute atomic E-state index is 13.1. The molecule has 1 aromatic heterocycles. The fourth-order valence-corrected chi connectivity index (χ4v) is 5.47. The third kappa shape index (κ3) is 4.17. The van der Waals surface area contributed by atoms with Crippen molar-refractivity contribution in [3.8, 4) is 0 Å². The van der Waals surface area contributed by atoms with E-state index in [0.29, 0.717) is 35.1 Å². The Morgan fingerprint density at radius 3 is 2.18 bits per heavy atom. The first-order chi connectivity index (χ1) is 15.3. The minimum Gasteiger partial charge on any atom is -0.463 e. The first kappa shape index (κ1) is 23.4. The van der Waals surface area contributed by atoms with Crippen molar-refractivity contribution < 1.29 is 14.0 Å². The van der Waals surface area contributed by atoms with E-state index in [1.165, 1.54) is 5.01 Å². The van der Waals surface area contributed by atoms with Crippen LogP contribution in [0.25, 0.3) is 0 Å². The molecule has 1 amide bonds.